The van der Waals surface area contributed by atoms with Crippen molar-refractivity contribution in [3.63, 3.8) is 0 Å². The van der Waals surface area contributed by atoms with Crippen molar-refractivity contribution in [1.29, 1.82) is 0 Å². The molecule has 5 heteroatoms. The second-order valence-corrected chi connectivity index (χ2v) is 3.09. The summed E-state index contributed by atoms with van der Waals surface area (Å²) in [6, 6.07) is 3.22. The fraction of sp³-hybridized carbons (Fsp3) is 0.167. The van der Waals surface area contributed by atoms with Gasteiger partial charge < -0.3 is 9.84 Å². The highest BCUT2D eigenvalue weighted by Gasteiger charge is 2.05. The van der Waals surface area contributed by atoms with Crippen LogP contribution in [0.4, 0.5) is 4.39 Å². The van der Waals surface area contributed by atoms with Gasteiger partial charge in [-0.25, -0.2) is 9.18 Å². The van der Waals surface area contributed by atoms with Gasteiger partial charge in [0, 0.05) is 5.56 Å². The highest BCUT2D eigenvalue weighted by molar-refractivity contribution is 5.88. The van der Waals surface area contributed by atoms with E-state index in [1.165, 1.54) is 13.2 Å². The van der Waals surface area contributed by atoms with Crippen molar-refractivity contribution < 1.29 is 23.8 Å². The van der Waals surface area contributed by atoms with Gasteiger partial charge in [-0.3, -0.25) is 4.79 Å². The number of rotatable bonds is 2. The molecule has 1 N–H and O–H groups in total. The third-order valence-corrected chi connectivity index (χ3v) is 1.84. The molecule has 0 bridgehead atoms. The molecule has 0 saturated carbocycles. The Balaban J connectivity index is 2.91. The van der Waals surface area contributed by atoms with E-state index in [1.54, 1.807) is 0 Å². The Morgan fingerprint density at radius 3 is 2.71 bits per heavy atom. The molecule has 0 aliphatic rings. The zero-order valence-electron chi connectivity index (χ0n) is 8.99. The molecule has 0 unspecified atom stereocenters. The molecule has 88 valence electrons. The van der Waals surface area contributed by atoms with Crippen LogP contribution in [0.5, 0.6) is 0 Å². The summed E-state index contributed by atoms with van der Waals surface area (Å²) in [5, 5.41) is 8.70. The number of carbonyl (C=O) groups excluding carboxylic acids is 1. The highest BCUT2D eigenvalue weighted by atomic mass is 19.1. The number of methoxy groups -OCH3 is 1. The standard InChI is InChI=1S/C12H9FO4/c1-17-11(14)4-2-3-8-5-9(12(15)16)7-10(13)6-8/h5-7H,4H2,1H3,(H,15,16). The molecule has 0 aromatic heterocycles. The molecule has 4 nitrogen and oxygen atoms in total. The maximum Gasteiger partial charge on any atom is 0.335 e. The summed E-state index contributed by atoms with van der Waals surface area (Å²) in [6.45, 7) is 0. The number of benzene rings is 1. The molecule has 0 atom stereocenters. The van der Waals surface area contributed by atoms with Crippen LogP contribution in [-0.2, 0) is 9.53 Å². The van der Waals surface area contributed by atoms with Gasteiger partial charge in [0.2, 0.25) is 0 Å². The first-order chi connectivity index (χ1) is 8.02. The lowest BCUT2D eigenvalue weighted by atomic mass is 10.1. The predicted octanol–water partition coefficient (Wildman–Crippen LogP) is 1.44. The molecule has 17 heavy (non-hydrogen) atoms. The lowest BCUT2D eigenvalue weighted by Gasteiger charge is -1.96. The largest absolute Gasteiger partial charge is 0.478 e. The van der Waals surface area contributed by atoms with E-state index in [9.17, 15) is 14.0 Å². The topological polar surface area (TPSA) is 63.6 Å². The van der Waals surface area contributed by atoms with E-state index < -0.39 is 17.8 Å². The van der Waals surface area contributed by atoms with Gasteiger partial charge in [0.05, 0.1) is 12.7 Å². The summed E-state index contributed by atoms with van der Waals surface area (Å²) in [7, 11) is 1.23. The van der Waals surface area contributed by atoms with E-state index in [0.29, 0.717) is 0 Å². The van der Waals surface area contributed by atoms with Crippen LogP contribution in [0.25, 0.3) is 0 Å². The molecule has 0 fully saturated rings. The number of esters is 1. The Kier molecular flexibility index (Phi) is 4.23. The van der Waals surface area contributed by atoms with Crippen LogP contribution in [0.15, 0.2) is 18.2 Å². The zero-order valence-corrected chi connectivity index (χ0v) is 8.99. The Morgan fingerprint density at radius 2 is 2.12 bits per heavy atom. The molecule has 1 aromatic rings. The minimum Gasteiger partial charge on any atom is -0.478 e. The predicted molar refractivity (Wildman–Crippen MR) is 56.9 cm³/mol. The van der Waals surface area contributed by atoms with Gasteiger partial charge in [0.25, 0.3) is 0 Å². The van der Waals surface area contributed by atoms with Crippen LogP contribution in [-0.4, -0.2) is 24.2 Å². The molecule has 0 aliphatic heterocycles. The Hall–Kier alpha value is -2.35. The second-order valence-electron chi connectivity index (χ2n) is 3.09. The van der Waals surface area contributed by atoms with Gasteiger partial charge in [0.1, 0.15) is 12.2 Å². The average molecular weight is 236 g/mol. The summed E-state index contributed by atoms with van der Waals surface area (Å²) in [4.78, 5) is 21.4. The van der Waals surface area contributed by atoms with Gasteiger partial charge in [-0.15, -0.1) is 0 Å². The number of hydrogen-bond acceptors (Lipinski definition) is 3. The van der Waals surface area contributed by atoms with Crippen molar-refractivity contribution in [2.75, 3.05) is 7.11 Å². The Bertz CT molecular complexity index is 511. The number of carboxylic acids is 1. The van der Waals surface area contributed by atoms with Crippen LogP contribution in [0, 0.1) is 17.7 Å². The molecule has 0 saturated heterocycles. The van der Waals surface area contributed by atoms with Crippen LogP contribution in [0.1, 0.15) is 22.3 Å². The van der Waals surface area contributed by atoms with Crippen LogP contribution >= 0.6 is 0 Å². The van der Waals surface area contributed by atoms with E-state index in [-0.39, 0.29) is 17.5 Å². The molecule has 0 radical (unpaired) electrons. The number of hydrogen-bond donors (Lipinski definition) is 1. The molecular weight excluding hydrogens is 227 g/mol. The SMILES string of the molecule is COC(=O)CC#Cc1cc(F)cc(C(=O)O)c1. The van der Waals surface area contributed by atoms with Crippen LogP contribution < -0.4 is 0 Å². The van der Waals surface area contributed by atoms with Gasteiger partial charge in [-0.2, -0.15) is 0 Å². The van der Waals surface area contributed by atoms with Crippen molar-refractivity contribution in [2.45, 2.75) is 6.42 Å². The van der Waals surface area contributed by atoms with Gasteiger partial charge in [-0.05, 0) is 18.2 Å². The Labute approximate surface area is 97.0 Å². The maximum atomic E-state index is 13.0. The molecule has 0 heterocycles. The number of halogens is 1. The van der Waals surface area contributed by atoms with Gasteiger partial charge >= 0.3 is 11.9 Å². The number of aromatic carboxylic acids is 1. The molecule has 1 rings (SSSR count). The lowest BCUT2D eigenvalue weighted by Crippen LogP contribution is -1.98. The molecule has 0 spiro atoms. The second kappa shape index (κ2) is 5.66. The zero-order chi connectivity index (χ0) is 12.8. The minimum absolute atomic E-state index is 0.130. The first-order valence-electron chi connectivity index (χ1n) is 4.62. The smallest absolute Gasteiger partial charge is 0.335 e. The first kappa shape index (κ1) is 12.7. The fourth-order valence-electron chi connectivity index (χ4n) is 1.08. The van der Waals surface area contributed by atoms with Crippen molar-refractivity contribution >= 4 is 11.9 Å². The molecule has 0 aliphatic carbocycles. The van der Waals surface area contributed by atoms with Crippen molar-refractivity contribution in [3.8, 4) is 11.8 Å². The monoisotopic (exact) mass is 236 g/mol. The summed E-state index contributed by atoms with van der Waals surface area (Å²) in [5.74, 6) is 2.52. The van der Waals surface area contributed by atoms with Crippen molar-refractivity contribution in [1.82, 2.24) is 0 Å². The number of carbonyl (C=O) groups is 2. The van der Waals surface area contributed by atoms with E-state index in [4.69, 9.17) is 5.11 Å². The van der Waals surface area contributed by atoms with Crippen molar-refractivity contribution in [3.05, 3.63) is 35.1 Å². The summed E-state index contributed by atoms with van der Waals surface area (Å²) < 4.78 is 17.4. The van der Waals surface area contributed by atoms with Crippen molar-refractivity contribution in [2.24, 2.45) is 0 Å². The minimum atomic E-state index is -1.24. The number of ether oxygens (including phenoxy) is 1. The van der Waals surface area contributed by atoms with Gasteiger partial charge in [-0.1, -0.05) is 11.8 Å². The third kappa shape index (κ3) is 3.95. The van der Waals surface area contributed by atoms with Crippen LogP contribution in [0.3, 0.4) is 0 Å². The number of carboxylic acid groups (broad SMARTS) is 1. The highest BCUT2D eigenvalue weighted by Crippen LogP contribution is 2.08. The third-order valence-electron chi connectivity index (χ3n) is 1.84. The lowest BCUT2D eigenvalue weighted by molar-refractivity contribution is -0.139. The van der Waals surface area contributed by atoms with Gasteiger partial charge in [0.15, 0.2) is 0 Å². The maximum absolute atomic E-state index is 13.0. The van der Waals surface area contributed by atoms with E-state index in [2.05, 4.69) is 16.6 Å². The fourth-order valence-corrected chi connectivity index (χ4v) is 1.08. The molecular formula is C12H9FO4. The normalized spacial score (nSPS) is 9.06. The van der Waals surface area contributed by atoms with E-state index in [1.807, 2.05) is 0 Å². The van der Waals surface area contributed by atoms with Crippen LogP contribution in [0.2, 0.25) is 0 Å². The summed E-state index contributed by atoms with van der Waals surface area (Å²) in [5.41, 5.74) is 0.0127. The molecule has 0 amide bonds. The first-order valence-corrected chi connectivity index (χ1v) is 4.62. The van der Waals surface area contributed by atoms with E-state index in [0.717, 1.165) is 12.1 Å². The summed E-state index contributed by atoms with van der Waals surface area (Å²) in [6.07, 6.45) is -0.130. The quantitative estimate of drug-likeness (QED) is 0.623. The van der Waals surface area contributed by atoms with E-state index >= 15 is 0 Å². The Morgan fingerprint density at radius 1 is 1.41 bits per heavy atom. The molecule has 1 aromatic carbocycles. The average Bonchev–Trinajstić information content (AvgIpc) is 2.28. The summed E-state index contributed by atoms with van der Waals surface area (Å²) >= 11 is 0.